The van der Waals surface area contributed by atoms with Crippen LogP contribution in [-0.4, -0.2) is 21.9 Å². The first-order valence-electron chi connectivity index (χ1n) is 8.94. The van der Waals surface area contributed by atoms with Gasteiger partial charge < -0.3 is 0 Å². The summed E-state index contributed by atoms with van der Waals surface area (Å²) in [5, 5.41) is 8.89. The Bertz CT molecular complexity index is 1140. The molecule has 0 saturated heterocycles. The molecule has 0 saturated carbocycles. The van der Waals surface area contributed by atoms with Crippen molar-refractivity contribution in [1.29, 1.82) is 0 Å². The smallest absolute Gasteiger partial charge is 0.267 e. The number of halogens is 1. The Kier molecular flexibility index (Phi) is 5.97. The number of thiophene rings is 1. The van der Waals surface area contributed by atoms with Crippen molar-refractivity contribution in [3.8, 4) is 11.3 Å². The highest BCUT2D eigenvalue weighted by molar-refractivity contribution is 9.11. The van der Waals surface area contributed by atoms with Gasteiger partial charge in [-0.3, -0.25) is 9.48 Å². The second kappa shape index (κ2) is 8.98. The minimum atomic E-state index is -0.241. The standard InChI is InChI=1S/C22H17BrN4OS/c23-20-12-11-19(29-20)22(28)25-24-13-18-15-27(14-16-7-3-1-4-8-16)26-21(18)17-9-5-2-6-10-17/h1-13,15H,14H2,(H,25,28)/b24-13+. The van der Waals surface area contributed by atoms with Crippen molar-refractivity contribution in [1.82, 2.24) is 15.2 Å². The summed E-state index contributed by atoms with van der Waals surface area (Å²) >= 11 is 4.72. The Morgan fingerprint density at radius 1 is 1.07 bits per heavy atom. The molecule has 0 fully saturated rings. The summed E-state index contributed by atoms with van der Waals surface area (Å²) in [6.45, 7) is 0.657. The molecule has 2 heterocycles. The Morgan fingerprint density at radius 2 is 1.79 bits per heavy atom. The van der Waals surface area contributed by atoms with Crippen LogP contribution in [0.15, 0.2) is 87.9 Å². The van der Waals surface area contributed by atoms with Gasteiger partial charge >= 0.3 is 0 Å². The molecule has 7 heteroatoms. The van der Waals surface area contributed by atoms with Crippen LogP contribution in [0.1, 0.15) is 20.8 Å². The number of amides is 1. The SMILES string of the molecule is O=C(N/N=C/c1cn(Cc2ccccc2)nc1-c1ccccc1)c1ccc(Br)s1. The van der Waals surface area contributed by atoms with E-state index in [1.807, 2.05) is 65.5 Å². The third-order valence-electron chi connectivity index (χ3n) is 4.19. The highest BCUT2D eigenvalue weighted by Gasteiger charge is 2.11. The second-order valence-corrected chi connectivity index (χ2v) is 8.75. The molecular formula is C22H17BrN4OS. The van der Waals surface area contributed by atoms with Crippen molar-refractivity contribution in [3.05, 3.63) is 98.8 Å². The number of hydrazone groups is 1. The van der Waals surface area contributed by atoms with Crippen LogP contribution in [0.2, 0.25) is 0 Å². The minimum Gasteiger partial charge on any atom is -0.267 e. The molecule has 0 atom stereocenters. The number of hydrogen-bond acceptors (Lipinski definition) is 4. The van der Waals surface area contributed by atoms with Crippen molar-refractivity contribution in [2.45, 2.75) is 6.54 Å². The first-order valence-corrected chi connectivity index (χ1v) is 10.6. The molecular weight excluding hydrogens is 448 g/mol. The van der Waals surface area contributed by atoms with Gasteiger partial charge in [-0.25, -0.2) is 5.43 Å². The van der Waals surface area contributed by atoms with Gasteiger partial charge in [0.25, 0.3) is 5.91 Å². The van der Waals surface area contributed by atoms with E-state index in [1.165, 1.54) is 11.3 Å². The highest BCUT2D eigenvalue weighted by atomic mass is 79.9. The highest BCUT2D eigenvalue weighted by Crippen LogP contribution is 2.22. The number of nitrogens with zero attached hydrogens (tertiary/aromatic N) is 3. The molecule has 0 unspecified atom stereocenters. The monoisotopic (exact) mass is 464 g/mol. The van der Waals surface area contributed by atoms with Gasteiger partial charge in [-0.05, 0) is 33.6 Å². The van der Waals surface area contributed by atoms with E-state index in [0.29, 0.717) is 11.4 Å². The fourth-order valence-electron chi connectivity index (χ4n) is 2.85. The van der Waals surface area contributed by atoms with E-state index in [-0.39, 0.29) is 5.91 Å². The Hall–Kier alpha value is -3.03. The molecule has 0 aliphatic carbocycles. The van der Waals surface area contributed by atoms with Crippen LogP contribution in [0, 0.1) is 0 Å². The number of benzene rings is 2. The lowest BCUT2D eigenvalue weighted by molar-refractivity contribution is 0.0959. The van der Waals surface area contributed by atoms with Gasteiger partial charge in [0.15, 0.2) is 0 Å². The molecule has 4 rings (SSSR count). The molecule has 0 aliphatic heterocycles. The van der Waals surface area contributed by atoms with Crippen molar-refractivity contribution in [2.75, 3.05) is 0 Å². The number of aromatic nitrogens is 2. The van der Waals surface area contributed by atoms with E-state index in [0.717, 1.165) is 26.2 Å². The zero-order valence-corrected chi connectivity index (χ0v) is 17.7. The van der Waals surface area contributed by atoms with Crippen LogP contribution in [0.5, 0.6) is 0 Å². The van der Waals surface area contributed by atoms with Crippen molar-refractivity contribution < 1.29 is 4.79 Å². The molecule has 0 spiro atoms. The lowest BCUT2D eigenvalue weighted by Crippen LogP contribution is -2.16. The number of rotatable bonds is 6. The lowest BCUT2D eigenvalue weighted by atomic mass is 10.1. The Labute approximate surface area is 180 Å². The molecule has 0 radical (unpaired) electrons. The first kappa shape index (κ1) is 19.3. The number of nitrogens with one attached hydrogen (secondary N) is 1. The van der Waals surface area contributed by atoms with Crippen LogP contribution >= 0.6 is 27.3 Å². The van der Waals surface area contributed by atoms with E-state index in [2.05, 4.69) is 38.6 Å². The maximum absolute atomic E-state index is 12.2. The molecule has 29 heavy (non-hydrogen) atoms. The summed E-state index contributed by atoms with van der Waals surface area (Å²) in [6, 6.07) is 23.7. The molecule has 144 valence electrons. The maximum atomic E-state index is 12.2. The van der Waals surface area contributed by atoms with E-state index in [9.17, 15) is 4.79 Å². The largest absolute Gasteiger partial charge is 0.281 e. The van der Waals surface area contributed by atoms with Gasteiger partial charge in [0.05, 0.1) is 21.4 Å². The second-order valence-electron chi connectivity index (χ2n) is 6.29. The van der Waals surface area contributed by atoms with E-state index < -0.39 is 0 Å². The van der Waals surface area contributed by atoms with Gasteiger partial charge in [-0.2, -0.15) is 10.2 Å². The van der Waals surface area contributed by atoms with Crippen LogP contribution in [0.3, 0.4) is 0 Å². The van der Waals surface area contributed by atoms with Crippen LogP contribution < -0.4 is 5.43 Å². The van der Waals surface area contributed by atoms with Crippen LogP contribution in [0.25, 0.3) is 11.3 Å². The number of carbonyl (C=O) groups is 1. The molecule has 2 aromatic carbocycles. The zero-order valence-electron chi connectivity index (χ0n) is 15.3. The van der Waals surface area contributed by atoms with Crippen molar-refractivity contribution in [3.63, 3.8) is 0 Å². The zero-order chi connectivity index (χ0) is 20.1. The van der Waals surface area contributed by atoms with Gasteiger partial charge in [0.1, 0.15) is 5.69 Å². The summed E-state index contributed by atoms with van der Waals surface area (Å²) < 4.78 is 2.79. The predicted molar refractivity (Wildman–Crippen MR) is 120 cm³/mol. The molecule has 4 aromatic rings. The summed E-state index contributed by atoms with van der Waals surface area (Å²) in [5.74, 6) is -0.241. The summed E-state index contributed by atoms with van der Waals surface area (Å²) in [4.78, 5) is 12.8. The third kappa shape index (κ3) is 4.88. The van der Waals surface area contributed by atoms with E-state index in [4.69, 9.17) is 5.10 Å². The van der Waals surface area contributed by atoms with Gasteiger partial charge in [-0.15, -0.1) is 11.3 Å². The van der Waals surface area contributed by atoms with Crippen molar-refractivity contribution in [2.24, 2.45) is 5.10 Å². The molecule has 0 bridgehead atoms. The predicted octanol–water partition coefficient (Wildman–Crippen LogP) is 5.19. The van der Waals surface area contributed by atoms with Crippen LogP contribution in [-0.2, 0) is 6.54 Å². The summed E-state index contributed by atoms with van der Waals surface area (Å²) in [5.41, 5.74) is 6.39. The Morgan fingerprint density at radius 3 is 2.48 bits per heavy atom. The van der Waals surface area contributed by atoms with E-state index in [1.54, 1.807) is 12.3 Å². The van der Waals surface area contributed by atoms with Crippen LogP contribution in [0.4, 0.5) is 0 Å². The quantitative estimate of drug-likeness (QED) is 0.315. The van der Waals surface area contributed by atoms with E-state index >= 15 is 0 Å². The minimum absolute atomic E-state index is 0.241. The molecule has 0 aliphatic rings. The fraction of sp³-hybridized carbons (Fsp3) is 0.0455. The molecule has 5 nitrogen and oxygen atoms in total. The van der Waals surface area contributed by atoms with Crippen molar-refractivity contribution >= 4 is 39.4 Å². The average Bonchev–Trinajstić information content (AvgIpc) is 3.36. The van der Waals surface area contributed by atoms with Gasteiger partial charge in [-0.1, -0.05) is 60.7 Å². The maximum Gasteiger partial charge on any atom is 0.281 e. The number of carbonyl (C=O) groups excluding carboxylic acids is 1. The first-order chi connectivity index (χ1) is 14.2. The summed E-state index contributed by atoms with van der Waals surface area (Å²) in [7, 11) is 0. The Balaban J connectivity index is 1.57. The lowest BCUT2D eigenvalue weighted by Gasteiger charge is -2.01. The summed E-state index contributed by atoms with van der Waals surface area (Å²) in [6.07, 6.45) is 3.57. The topological polar surface area (TPSA) is 59.3 Å². The normalized spacial score (nSPS) is 11.1. The molecule has 1 amide bonds. The van der Waals surface area contributed by atoms with Gasteiger partial charge in [0, 0.05) is 17.3 Å². The molecule has 1 N–H and O–H groups in total. The molecule has 2 aromatic heterocycles. The fourth-order valence-corrected chi connectivity index (χ4v) is 4.13. The average molecular weight is 465 g/mol. The third-order valence-corrected chi connectivity index (χ3v) is 5.81. The number of hydrogen-bond donors (Lipinski definition) is 1. The van der Waals surface area contributed by atoms with Gasteiger partial charge in [0.2, 0.25) is 0 Å².